The number of rotatable bonds is 2. The van der Waals surface area contributed by atoms with Gasteiger partial charge in [0.15, 0.2) is 0 Å². The molecule has 0 spiro atoms. The van der Waals surface area contributed by atoms with Crippen molar-refractivity contribution in [3.05, 3.63) is 24.8 Å². The van der Waals surface area contributed by atoms with Gasteiger partial charge in [-0.3, -0.25) is 0 Å². The third-order valence-corrected chi connectivity index (χ3v) is 2.75. The first-order chi connectivity index (χ1) is 9.29. The number of nitrogen functional groups attached to an aromatic ring is 1. The van der Waals surface area contributed by atoms with Crippen LogP contribution >= 0.6 is 7.92 Å². The average Bonchev–Trinajstić information content (AvgIpc) is 3.02. The summed E-state index contributed by atoms with van der Waals surface area (Å²) < 4.78 is 22.4. The zero-order chi connectivity index (χ0) is 13.2. The Bertz CT molecular complexity index is 753. The van der Waals surface area contributed by atoms with E-state index in [-0.39, 0.29) is 7.92 Å². The Morgan fingerprint density at radius 2 is 2.32 bits per heavy atom. The van der Waals surface area contributed by atoms with Crippen molar-refractivity contribution in [2.24, 2.45) is 0 Å². The number of nitrogens with two attached hydrogens (primary N) is 1. The molecule has 0 radical (unpaired) electrons. The molecule has 0 amide bonds. The van der Waals surface area contributed by atoms with E-state index in [4.69, 9.17) is 15.2 Å². The number of ether oxygens (including phenoxy) is 2. The van der Waals surface area contributed by atoms with Crippen molar-refractivity contribution in [3.8, 4) is 5.81 Å². The quantitative estimate of drug-likeness (QED) is 0.645. The van der Waals surface area contributed by atoms with E-state index in [2.05, 4.69) is 20.8 Å². The minimum absolute atomic E-state index is 0.311. The summed E-state index contributed by atoms with van der Waals surface area (Å²) in [6.45, 7) is 0. The first-order valence-electron chi connectivity index (χ1n) is 5.29. The molecule has 2 N–H and O–H groups in total. The van der Waals surface area contributed by atoms with Crippen LogP contribution in [0.5, 0.6) is 0 Å². The molecule has 0 aliphatic carbocycles. The van der Waals surface area contributed by atoms with Crippen LogP contribution in [-0.2, 0) is 14.0 Å². The minimum atomic E-state index is -0.636. The van der Waals surface area contributed by atoms with Gasteiger partial charge < -0.3 is 0 Å². The van der Waals surface area contributed by atoms with Crippen molar-refractivity contribution in [2.75, 3.05) is 5.73 Å². The van der Waals surface area contributed by atoms with E-state index in [1.807, 2.05) is 0 Å². The van der Waals surface area contributed by atoms with E-state index in [9.17, 15) is 4.57 Å². The topological polar surface area (TPSA) is 105 Å². The van der Waals surface area contributed by atoms with Crippen LogP contribution in [0.1, 0.15) is 6.23 Å². The van der Waals surface area contributed by atoms with Crippen molar-refractivity contribution < 1.29 is 14.0 Å². The Balaban J connectivity index is 1.90. The first kappa shape index (κ1) is 12.1. The van der Waals surface area contributed by atoms with Crippen LogP contribution in [0.2, 0.25) is 0 Å². The molecule has 3 rings (SSSR count). The van der Waals surface area contributed by atoms with Crippen molar-refractivity contribution >= 4 is 24.9 Å². The van der Waals surface area contributed by atoms with Crippen LogP contribution in [0.3, 0.4) is 0 Å². The summed E-state index contributed by atoms with van der Waals surface area (Å²) in [5.41, 5.74) is 6.79. The fraction of sp³-hybridized carbons (Fsp3) is 0.200. The number of hydrogen-bond donors (Lipinski definition) is 1. The predicted octanol–water partition coefficient (Wildman–Crippen LogP) is 1.04. The van der Waals surface area contributed by atoms with E-state index in [0.29, 0.717) is 17.0 Å². The average molecular weight is 277 g/mol. The maximum atomic E-state index is 10.2. The molecule has 1 aliphatic heterocycles. The van der Waals surface area contributed by atoms with Crippen LogP contribution in [-0.4, -0.2) is 25.8 Å². The molecule has 2 unspecified atom stereocenters. The Labute approximate surface area is 108 Å². The predicted molar refractivity (Wildman–Crippen MR) is 65.4 cm³/mol. The number of aromatic nitrogens is 4. The van der Waals surface area contributed by atoms with Crippen molar-refractivity contribution in [2.45, 2.75) is 12.5 Å². The molecule has 8 nitrogen and oxygen atoms in total. The van der Waals surface area contributed by atoms with E-state index >= 15 is 0 Å². The normalized spacial score (nSPS) is 21.7. The van der Waals surface area contributed by atoms with E-state index in [0.717, 1.165) is 0 Å². The van der Waals surface area contributed by atoms with Gasteiger partial charge in [0.05, 0.1) is 0 Å². The maximum absolute atomic E-state index is 10.2. The summed E-state index contributed by atoms with van der Waals surface area (Å²) in [4.78, 5) is 12.1. The second-order valence-electron chi connectivity index (χ2n) is 3.66. The summed E-state index contributed by atoms with van der Waals surface area (Å²) in [6, 6.07) is 0. The van der Waals surface area contributed by atoms with Crippen LogP contribution in [0, 0.1) is 5.81 Å². The van der Waals surface area contributed by atoms with Crippen molar-refractivity contribution in [1.82, 2.24) is 19.5 Å². The van der Waals surface area contributed by atoms with E-state index in [1.54, 1.807) is 23.0 Å². The third kappa shape index (κ3) is 2.18. The third-order valence-electron chi connectivity index (χ3n) is 2.57. The fourth-order valence-corrected chi connectivity index (χ4v) is 1.92. The second-order valence-corrected chi connectivity index (χ2v) is 4.03. The van der Waals surface area contributed by atoms with E-state index in [1.165, 1.54) is 6.33 Å². The van der Waals surface area contributed by atoms with Gasteiger partial charge in [-0.05, 0) is 0 Å². The van der Waals surface area contributed by atoms with Crippen LogP contribution < -0.4 is 5.73 Å². The number of hydrogen-bond acceptors (Lipinski definition) is 7. The van der Waals surface area contributed by atoms with Gasteiger partial charge in [0.25, 0.3) is 0 Å². The van der Waals surface area contributed by atoms with Crippen molar-refractivity contribution in [3.63, 3.8) is 0 Å². The fourth-order valence-electron chi connectivity index (χ4n) is 1.77. The van der Waals surface area contributed by atoms with Gasteiger partial charge >= 0.3 is 107 Å². The van der Waals surface area contributed by atoms with Gasteiger partial charge in [-0.15, -0.1) is 0 Å². The number of imidazole rings is 1. The molecule has 9 heteroatoms. The monoisotopic (exact) mass is 277 g/mol. The van der Waals surface area contributed by atoms with Gasteiger partial charge in [0.2, 0.25) is 0 Å². The summed E-state index contributed by atoms with van der Waals surface area (Å²) in [6.07, 6.45) is 5.32. The van der Waals surface area contributed by atoms with Gasteiger partial charge in [-0.1, -0.05) is 0 Å². The second kappa shape index (κ2) is 4.95. The Morgan fingerprint density at radius 3 is 3.16 bits per heavy atom. The molecule has 0 bridgehead atoms. The van der Waals surface area contributed by atoms with Gasteiger partial charge in [0, 0.05) is 0 Å². The molecule has 0 aromatic carbocycles. The molecule has 96 valence electrons. The van der Waals surface area contributed by atoms with Gasteiger partial charge in [-0.25, -0.2) is 0 Å². The van der Waals surface area contributed by atoms with Crippen molar-refractivity contribution in [1.29, 1.82) is 0 Å². The summed E-state index contributed by atoms with van der Waals surface area (Å²) in [7, 11) is -0.331. The molecule has 0 fully saturated rings. The molecule has 1 aliphatic rings. The van der Waals surface area contributed by atoms with E-state index < -0.39 is 12.5 Å². The molecular formula is C10H8N5O3P. The number of fused-ring (bicyclic) bond motifs is 1. The number of anilines is 1. The molecular weight excluding hydrogens is 269 g/mol. The molecule has 2 atom stereocenters. The molecule has 0 saturated carbocycles. The molecule has 19 heavy (non-hydrogen) atoms. The summed E-state index contributed by atoms with van der Waals surface area (Å²) >= 11 is 0. The SMILES string of the molecule is Nc1ncnc2c1ncn2C1C=CC(OC#P=O)O1. The van der Waals surface area contributed by atoms with Gasteiger partial charge in [-0.2, -0.15) is 0 Å². The summed E-state index contributed by atoms with van der Waals surface area (Å²) in [5, 5.41) is 0. The standard InChI is InChI=1S/C10H8N5O3P/c11-9-8-10(13-3-12-9)15(4-14-8)6-1-2-7(18-6)17-5-19-16/h1-4,6-7H,(H2,11,12,13). The molecule has 2 aromatic heterocycles. The number of nitrogens with zero attached hydrogens (tertiary/aromatic N) is 4. The zero-order valence-electron chi connectivity index (χ0n) is 9.50. The first-order valence-corrected chi connectivity index (χ1v) is 6.10. The summed E-state index contributed by atoms with van der Waals surface area (Å²) in [5.74, 6) is 2.48. The Morgan fingerprint density at radius 1 is 1.42 bits per heavy atom. The van der Waals surface area contributed by atoms with Crippen LogP contribution in [0.25, 0.3) is 11.2 Å². The Kier molecular flexibility index (Phi) is 3.15. The van der Waals surface area contributed by atoms with Crippen LogP contribution in [0.15, 0.2) is 24.8 Å². The Hall–Kier alpha value is -1.98. The molecule has 2 aromatic rings. The zero-order valence-corrected chi connectivity index (χ0v) is 10.4. The molecule has 3 heterocycles. The van der Waals surface area contributed by atoms with Crippen LogP contribution in [0.4, 0.5) is 5.82 Å². The molecule has 0 saturated heterocycles. The van der Waals surface area contributed by atoms with Gasteiger partial charge in [0.1, 0.15) is 0 Å².